The molecule has 14 heteroatoms. The first-order valence-electron chi connectivity index (χ1n) is 25.5. The van der Waals surface area contributed by atoms with E-state index in [0.29, 0.717) is 12.8 Å². The summed E-state index contributed by atoms with van der Waals surface area (Å²) >= 11 is 0. The van der Waals surface area contributed by atoms with E-state index in [2.05, 4.69) is 104 Å². The fourth-order valence-electron chi connectivity index (χ4n) is 7.60. The molecule has 0 aromatic carbocycles. The highest BCUT2D eigenvalue weighted by Gasteiger charge is 2.51. The largest absolute Gasteiger partial charge is 0.394 e. The quantitative estimate of drug-likeness (QED) is 0.0232. The van der Waals surface area contributed by atoms with Gasteiger partial charge in [0, 0.05) is 6.42 Å². The summed E-state index contributed by atoms with van der Waals surface area (Å²) in [6.07, 6.45) is 36.1. The predicted octanol–water partition coefficient (Wildman–Crippen LogP) is 6.76. The van der Waals surface area contributed by atoms with Crippen LogP contribution < -0.4 is 5.32 Å². The number of ether oxygens (including phenoxy) is 4. The number of rotatable bonds is 37. The summed E-state index contributed by atoms with van der Waals surface area (Å²) < 4.78 is 22.6. The average Bonchev–Trinajstić information content (AvgIpc) is 3.34. The van der Waals surface area contributed by atoms with Crippen molar-refractivity contribution < 1.29 is 64.6 Å². The topological polar surface area (TPSA) is 228 Å². The Morgan fingerprint density at radius 3 is 1.62 bits per heavy atom. The van der Waals surface area contributed by atoms with E-state index in [1.807, 2.05) is 6.08 Å². The standard InChI is InChI=1S/C54H89NO13/c1-3-5-7-9-11-13-14-15-16-17-18-19-20-21-22-23-24-25-26-27-28-30-32-34-36-38-46(59)55-42(43(58)37-35-33-31-29-12-10-8-6-4-2)41-65-53-51(64)49(62)52(45(40-57)67-53)68-54-50(63)48(61)47(60)44(39-56)66-54/h5,7,11-13,15-16,18-19,21-22,24-25,29,35,37,42-45,47-54,56-58,60-64H,3-4,6,8-10,14,17,20,23,26-28,30-34,36,38-41H2,1-2H3,(H,55,59)/b7-5-,13-11-,16-15-,19-18-,22-21-,25-24-,29-12+,37-35+. The van der Waals surface area contributed by atoms with Crippen LogP contribution in [0.25, 0.3) is 0 Å². The highest BCUT2D eigenvalue weighted by molar-refractivity contribution is 5.76. The second-order valence-electron chi connectivity index (χ2n) is 17.6. The molecule has 0 saturated carbocycles. The van der Waals surface area contributed by atoms with Gasteiger partial charge in [-0.05, 0) is 83.5 Å². The summed E-state index contributed by atoms with van der Waals surface area (Å²) in [5.74, 6) is -0.273. The molecule has 2 fully saturated rings. The molecule has 0 spiro atoms. The molecular weight excluding hydrogens is 871 g/mol. The minimum Gasteiger partial charge on any atom is -0.394 e. The third-order valence-corrected chi connectivity index (χ3v) is 11.8. The lowest BCUT2D eigenvalue weighted by Gasteiger charge is -2.46. The van der Waals surface area contributed by atoms with Crippen LogP contribution >= 0.6 is 0 Å². The smallest absolute Gasteiger partial charge is 0.220 e. The number of nitrogens with one attached hydrogen (secondary N) is 1. The number of aliphatic hydroxyl groups excluding tert-OH is 8. The molecule has 2 rings (SSSR count). The lowest BCUT2D eigenvalue weighted by atomic mass is 9.97. The van der Waals surface area contributed by atoms with Crippen molar-refractivity contribution in [3.63, 3.8) is 0 Å². The van der Waals surface area contributed by atoms with Gasteiger partial charge in [-0.25, -0.2) is 0 Å². The number of carbonyl (C=O) groups is 1. The highest BCUT2D eigenvalue weighted by Crippen LogP contribution is 2.30. The SMILES string of the molecule is CC/C=C\C/C=C\C/C=C\C/C=C\C/C=C\C/C=C\CCCCCCCCC(=O)NC(COC1OC(CO)C(OC2OC(CO)C(O)C(O)C2O)C(O)C1O)C(O)/C=C/CC/C=C/CCCCC. The van der Waals surface area contributed by atoms with Crippen LogP contribution in [0.5, 0.6) is 0 Å². The Morgan fingerprint density at radius 2 is 1.03 bits per heavy atom. The molecule has 0 radical (unpaired) electrons. The van der Waals surface area contributed by atoms with E-state index in [1.54, 1.807) is 6.08 Å². The number of allylic oxidation sites excluding steroid dienone is 15. The Balaban J connectivity index is 1.77. The number of amides is 1. The van der Waals surface area contributed by atoms with Crippen LogP contribution in [0.2, 0.25) is 0 Å². The van der Waals surface area contributed by atoms with Crippen LogP contribution in [0.4, 0.5) is 0 Å². The van der Waals surface area contributed by atoms with Crippen molar-refractivity contribution in [1.29, 1.82) is 0 Å². The maximum atomic E-state index is 13.1. The summed E-state index contributed by atoms with van der Waals surface area (Å²) in [6.45, 7) is 2.55. The molecule has 2 saturated heterocycles. The van der Waals surface area contributed by atoms with Gasteiger partial charge in [0.05, 0.1) is 32.0 Å². The van der Waals surface area contributed by atoms with Crippen LogP contribution in [-0.2, 0) is 23.7 Å². The summed E-state index contributed by atoms with van der Waals surface area (Å²) in [5, 5.41) is 86.5. The molecule has 12 unspecified atom stereocenters. The van der Waals surface area contributed by atoms with Gasteiger partial charge >= 0.3 is 0 Å². The zero-order chi connectivity index (χ0) is 49.6. The van der Waals surface area contributed by atoms with Crippen molar-refractivity contribution in [3.05, 3.63) is 97.2 Å². The number of unbranched alkanes of at least 4 members (excludes halogenated alkanes) is 10. The normalized spacial score (nSPS) is 27.2. The minimum atomic E-state index is -1.80. The summed E-state index contributed by atoms with van der Waals surface area (Å²) in [5.41, 5.74) is 0. The van der Waals surface area contributed by atoms with Crippen molar-refractivity contribution >= 4 is 5.91 Å². The maximum Gasteiger partial charge on any atom is 0.220 e. The summed E-state index contributed by atoms with van der Waals surface area (Å²) in [6, 6.07) is -0.944. The molecular formula is C54H89NO13. The third-order valence-electron chi connectivity index (χ3n) is 11.8. The average molecular weight is 960 g/mol. The van der Waals surface area contributed by atoms with E-state index in [4.69, 9.17) is 18.9 Å². The van der Waals surface area contributed by atoms with Gasteiger partial charge in [-0.3, -0.25) is 4.79 Å². The van der Waals surface area contributed by atoms with E-state index >= 15 is 0 Å². The molecule has 14 nitrogen and oxygen atoms in total. The van der Waals surface area contributed by atoms with Crippen molar-refractivity contribution in [3.8, 4) is 0 Å². The molecule has 12 atom stereocenters. The Kier molecular flexibility index (Phi) is 35.6. The van der Waals surface area contributed by atoms with Gasteiger partial charge < -0.3 is 65.1 Å². The molecule has 1 amide bonds. The van der Waals surface area contributed by atoms with Crippen molar-refractivity contribution in [2.24, 2.45) is 0 Å². The lowest BCUT2D eigenvalue weighted by Crippen LogP contribution is -2.65. The second kappa shape index (κ2) is 39.6. The molecule has 9 N–H and O–H groups in total. The van der Waals surface area contributed by atoms with Crippen molar-refractivity contribution in [2.75, 3.05) is 19.8 Å². The summed E-state index contributed by atoms with van der Waals surface area (Å²) in [7, 11) is 0. The van der Waals surface area contributed by atoms with E-state index in [9.17, 15) is 45.6 Å². The Morgan fingerprint density at radius 1 is 0.544 bits per heavy atom. The molecule has 2 aliphatic heterocycles. The van der Waals surface area contributed by atoms with Crippen LogP contribution in [0.1, 0.15) is 142 Å². The van der Waals surface area contributed by atoms with Gasteiger partial charge in [-0.1, -0.05) is 150 Å². The lowest BCUT2D eigenvalue weighted by molar-refractivity contribution is -0.359. The first-order valence-corrected chi connectivity index (χ1v) is 25.5. The van der Waals surface area contributed by atoms with Crippen LogP contribution in [0, 0.1) is 0 Å². The Labute approximate surface area is 407 Å². The molecule has 0 aromatic heterocycles. The fraction of sp³-hybridized carbons (Fsp3) is 0.685. The third kappa shape index (κ3) is 26.2. The number of carbonyl (C=O) groups excluding carboxylic acids is 1. The van der Waals surface area contributed by atoms with Gasteiger partial charge in [-0.2, -0.15) is 0 Å². The predicted molar refractivity (Wildman–Crippen MR) is 267 cm³/mol. The Hall–Kier alpha value is -3.09. The van der Waals surface area contributed by atoms with Crippen molar-refractivity contribution in [2.45, 2.75) is 216 Å². The molecule has 0 aliphatic carbocycles. The number of hydrogen-bond donors (Lipinski definition) is 9. The van der Waals surface area contributed by atoms with E-state index < -0.39 is 86.8 Å². The van der Waals surface area contributed by atoms with Crippen LogP contribution in [0.3, 0.4) is 0 Å². The Bertz CT molecular complexity index is 1510. The van der Waals surface area contributed by atoms with E-state index in [1.165, 1.54) is 6.42 Å². The molecule has 0 aromatic rings. The van der Waals surface area contributed by atoms with Gasteiger partial charge in [0.2, 0.25) is 5.91 Å². The van der Waals surface area contributed by atoms with Crippen LogP contribution in [0.15, 0.2) is 97.2 Å². The van der Waals surface area contributed by atoms with Gasteiger partial charge in [-0.15, -0.1) is 0 Å². The van der Waals surface area contributed by atoms with Gasteiger partial charge in [0.15, 0.2) is 12.6 Å². The summed E-state index contributed by atoms with van der Waals surface area (Å²) in [4.78, 5) is 13.1. The zero-order valence-electron chi connectivity index (χ0n) is 41.0. The molecule has 2 aliphatic rings. The maximum absolute atomic E-state index is 13.1. The minimum absolute atomic E-state index is 0.249. The fourth-order valence-corrected chi connectivity index (χ4v) is 7.60. The number of hydrogen-bond acceptors (Lipinski definition) is 13. The molecule has 0 bridgehead atoms. The van der Waals surface area contributed by atoms with Gasteiger partial charge in [0.1, 0.15) is 48.8 Å². The van der Waals surface area contributed by atoms with Gasteiger partial charge in [0.25, 0.3) is 0 Å². The van der Waals surface area contributed by atoms with Crippen molar-refractivity contribution in [1.82, 2.24) is 5.32 Å². The van der Waals surface area contributed by atoms with Crippen LogP contribution in [-0.4, -0.2) is 140 Å². The number of aliphatic hydroxyl groups is 8. The highest BCUT2D eigenvalue weighted by atomic mass is 16.7. The second-order valence-corrected chi connectivity index (χ2v) is 17.6. The first-order chi connectivity index (χ1) is 33.1. The molecule has 388 valence electrons. The molecule has 68 heavy (non-hydrogen) atoms. The zero-order valence-corrected chi connectivity index (χ0v) is 41.0. The van der Waals surface area contributed by atoms with E-state index in [-0.39, 0.29) is 18.9 Å². The van der Waals surface area contributed by atoms with E-state index in [0.717, 1.165) is 103 Å². The molecule has 2 heterocycles. The monoisotopic (exact) mass is 960 g/mol. The first kappa shape index (κ1) is 61.0.